The molecule has 0 bridgehead atoms. The zero-order valence-electron chi connectivity index (χ0n) is 13.4. The van der Waals surface area contributed by atoms with Crippen molar-refractivity contribution in [2.24, 2.45) is 0 Å². The monoisotopic (exact) mass is 339 g/mol. The molecule has 6 heteroatoms. The third kappa shape index (κ3) is 4.80. The molecule has 0 spiro atoms. The molecule has 0 unspecified atom stereocenters. The Morgan fingerprint density at radius 3 is 2.67 bits per heavy atom. The number of amides is 1. The normalized spacial score (nSPS) is 9.92. The predicted molar refractivity (Wildman–Crippen MR) is 97.0 cm³/mol. The average molecular weight is 339 g/mol. The van der Waals surface area contributed by atoms with E-state index in [9.17, 15) is 4.79 Å². The van der Waals surface area contributed by atoms with Crippen LogP contribution >= 0.6 is 12.2 Å². The molecule has 0 aliphatic rings. The van der Waals surface area contributed by atoms with E-state index < -0.39 is 0 Å². The zero-order valence-corrected chi connectivity index (χ0v) is 14.2. The van der Waals surface area contributed by atoms with Crippen molar-refractivity contribution >= 4 is 28.9 Å². The van der Waals surface area contributed by atoms with Crippen molar-refractivity contribution in [3.63, 3.8) is 0 Å². The van der Waals surface area contributed by atoms with Gasteiger partial charge >= 0.3 is 0 Å². The number of hydrogen-bond donors (Lipinski definition) is 2. The summed E-state index contributed by atoms with van der Waals surface area (Å²) in [7, 11) is 0. The number of thiocarbonyl (C=S) groups is 1. The molecule has 0 aromatic heterocycles. The molecule has 0 aliphatic heterocycles. The van der Waals surface area contributed by atoms with E-state index in [1.807, 2.05) is 19.9 Å². The smallest absolute Gasteiger partial charge is 0.261 e. The van der Waals surface area contributed by atoms with E-state index in [1.165, 1.54) is 0 Å². The van der Waals surface area contributed by atoms with Crippen molar-refractivity contribution in [1.82, 2.24) is 5.32 Å². The summed E-state index contributed by atoms with van der Waals surface area (Å²) in [5.41, 5.74) is 1.54. The summed E-state index contributed by atoms with van der Waals surface area (Å²) in [4.78, 5) is 12.4. The molecule has 2 rings (SSSR count). The van der Waals surface area contributed by atoms with Crippen LogP contribution in [-0.4, -0.2) is 17.1 Å². The molecule has 5 nitrogen and oxygen atoms in total. The number of carbonyl (C=O) groups is 1. The molecule has 1 amide bonds. The summed E-state index contributed by atoms with van der Waals surface area (Å²) in [5, 5.41) is 14.5. The van der Waals surface area contributed by atoms with E-state index in [0.717, 1.165) is 0 Å². The molecule has 0 aliphatic carbocycles. The fourth-order valence-corrected chi connectivity index (χ4v) is 2.22. The first-order chi connectivity index (χ1) is 11.5. The Kier molecular flexibility index (Phi) is 5.88. The Hall–Kier alpha value is -2.91. The molecule has 0 heterocycles. The number of nitriles is 1. The van der Waals surface area contributed by atoms with Gasteiger partial charge < -0.3 is 10.1 Å². The van der Waals surface area contributed by atoms with Crippen LogP contribution in [0.15, 0.2) is 48.5 Å². The van der Waals surface area contributed by atoms with Gasteiger partial charge in [0.2, 0.25) is 0 Å². The molecular formula is C18H17N3O2S. The summed E-state index contributed by atoms with van der Waals surface area (Å²) in [6, 6.07) is 15.8. The second-order valence-electron chi connectivity index (χ2n) is 5.26. The van der Waals surface area contributed by atoms with Crippen LogP contribution < -0.4 is 15.4 Å². The SMILES string of the molecule is CC(C)Oc1ccccc1C(=O)NC(=S)Nc1cccc(C#N)c1. The highest BCUT2D eigenvalue weighted by Crippen LogP contribution is 2.19. The zero-order chi connectivity index (χ0) is 17.5. The minimum Gasteiger partial charge on any atom is -0.490 e. The second-order valence-corrected chi connectivity index (χ2v) is 5.67. The van der Waals surface area contributed by atoms with Gasteiger partial charge in [0.15, 0.2) is 5.11 Å². The maximum absolute atomic E-state index is 12.4. The minimum absolute atomic E-state index is 0.0438. The molecule has 0 fully saturated rings. The van der Waals surface area contributed by atoms with E-state index in [4.69, 9.17) is 22.2 Å². The summed E-state index contributed by atoms with van der Waals surface area (Å²) in [6.45, 7) is 3.78. The van der Waals surface area contributed by atoms with E-state index in [2.05, 4.69) is 10.6 Å². The third-order valence-corrected chi connectivity index (χ3v) is 3.18. The standard InChI is InChI=1S/C18H17N3O2S/c1-12(2)23-16-9-4-3-8-15(16)17(22)21-18(24)20-14-7-5-6-13(10-14)11-19/h3-10,12H,1-2H3,(H2,20,21,22,24). The van der Waals surface area contributed by atoms with Crippen molar-refractivity contribution in [1.29, 1.82) is 5.26 Å². The lowest BCUT2D eigenvalue weighted by Crippen LogP contribution is -2.34. The minimum atomic E-state index is -0.361. The van der Waals surface area contributed by atoms with Gasteiger partial charge in [-0.3, -0.25) is 10.1 Å². The number of para-hydroxylation sites is 1. The van der Waals surface area contributed by atoms with Gasteiger partial charge in [-0.05, 0) is 56.4 Å². The number of nitrogens with one attached hydrogen (secondary N) is 2. The number of hydrogen-bond acceptors (Lipinski definition) is 4. The fraction of sp³-hybridized carbons (Fsp3) is 0.167. The van der Waals surface area contributed by atoms with Crippen molar-refractivity contribution in [3.8, 4) is 11.8 Å². The van der Waals surface area contributed by atoms with Gasteiger partial charge in [-0.1, -0.05) is 18.2 Å². The molecule has 0 saturated carbocycles. The first kappa shape index (κ1) is 17.4. The van der Waals surface area contributed by atoms with Gasteiger partial charge in [-0.15, -0.1) is 0 Å². The van der Waals surface area contributed by atoms with E-state index >= 15 is 0 Å². The van der Waals surface area contributed by atoms with Crippen LogP contribution in [0.4, 0.5) is 5.69 Å². The quantitative estimate of drug-likeness (QED) is 0.834. The van der Waals surface area contributed by atoms with Crippen molar-refractivity contribution < 1.29 is 9.53 Å². The Labute approximate surface area is 146 Å². The lowest BCUT2D eigenvalue weighted by molar-refractivity contribution is 0.0972. The molecule has 122 valence electrons. The van der Waals surface area contributed by atoms with E-state index in [0.29, 0.717) is 22.6 Å². The lowest BCUT2D eigenvalue weighted by Gasteiger charge is -2.14. The molecule has 0 saturated heterocycles. The molecule has 0 radical (unpaired) electrons. The highest BCUT2D eigenvalue weighted by Gasteiger charge is 2.14. The maximum atomic E-state index is 12.4. The molecule has 2 N–H and O–H groups in total. The topological polar surface area (TPSA) is 74.2 Å². The molecule has 0 atom stereocenters. The van der Waals surface area contributed by atoms with Gasteiger partial charge in [-0.25, -0.2) is 0 Å². The summed E-state index contributed by atoms with van der Waals surface area (Å²) in [6.07, 6.45) is -0.0438. The average Bonchev–Trinajstić information content (AvgIpc) is 2.54. The highest BCUT2D eigenvalue weighted by molar-refractivity contribution is 7.80. The summed E-state index contributed by atoms with van der Waals surface area (Å²) >= 11 is 5.16. The highest BCUT2D eigenvalue weighted by atomic mass is 32.1. The number of benzene rings is 2. The molecule has 24 heavy (non-hydrogen) atoms. The van der Waals surface area contributed by atoms with E-state index in [1.54, 1.807) is 48.5 Å². The van der Waals surface area contributed by atoms with Crippen LogP contribution in [0, 0.1) is 11.3 Å². The van der Waals surface area contributed by atoms with Gasteiger partial charge in [-0.2, -0.15) is 5.26 Å². The Bertz CT molecular complexity index is 797. The second kappa shape index (κ2) is 8.09. The fourth-order valence-electron chi connectivity index (χ4n) is 2.01. The summed E-state index contributed by atoms with van der Waals surface area (Å²) < 4.78 is 5.64. The first-order valence-corrected chi connectivity index (χ1v) is 7.78. The van der Waals surface area contributed by atoms with Crippen LogP contribution in [-0.2, 0) is 0 Å². The van der Waals surface area contributed by atoms with Gasteiger partial charge in [0.1, 0.15) is 5.75 Å². The van der Waals surface area contributed by atoms with Gasteiger partial charge in [0.25, 0.3) is 5.91 Å². The number of carbonyl (C=O) groups excluding carboxylic acids is 1. The third-order valence-electron chi connectivity index (χ3n) is 2.97. The van der Waals surface area contributed by atoms with Crippen LogP contribution in [0.25, 0.3) is 0 Å². The van der Waals surface area contributed by atoms with Gasteiger partial charge in [0.05, 0.1) is 23.3 Å². The Balaban J connectivity index is 2.07. The first-order valence-electron chi connectivity index (χ1n) is 7.38. The van der Waals surface area contributed by atoms with Crippen LogP contribution in [0.5, 0.6) is 5.75 Å². The molecule has 2 aromatic carbocycles. The number of anilines is 1. The van der Waals surface area contributed by atoms with Crippen molar-refractivity contribution in [2.45, 2.75) is 20.0 Å². The van der Waals surface area contributed by atoms with Crippen molar-refractivity contribution in [2.75, 3.05) is 5.32 Å². The number of nitrogens with zero attached hydrogens (tertiary/aromatic N) is 1. The number of rotatable bonds is 4. The van der Waals surface area contributed by atoms with Crippen LogP contribution in [0.1, 0.15) is 29.8 Å². The largest absolute Gasteiger partial charge is 0.490 e. The van der Waals surface area contributed by atoms with Crippen molar-refractivity contribution in [3.05, 3.63) is 59.7 Å². The van der Waals surface area contributed by atoms with Gasteiger partial charge in [0, 0.05) is 5.69 Å². The summed E-state index contributed by atoms with van der Waals surface area (Å²) in [5.74, 6) is 0.138. The van der Waals surface area contributed by atoms with Crippen LogP contribution in [0.3, 0.4) is 0 Å². The van der Waals surface area contributed by atoms with Crippen LogP contribution in [0.2, 0.25) is 0 Å². The van der Waals surface area contributed by atoms with E-state index in [-0.39, 0.29) is 17.1 Å². The lowest BCUT2D eigenvalue weighted by atomic mass is 10.2. The number of ether oxygens (including phenoxy) is 1. The molecular weight excluding hydrogens is 322 g/mol. The predicted octanol–water partition coefficient (Wildman–Crippen LogP) is 3.47. The Morgan fingerprint density at radius 1 is 1.21 bits per heavy atom. The maximum Gasteiger partial charge on any atom is 0.261 e. The Morgan fingerprint density at radius 2 is 1.96 bits per heavy atom. The molecule has 2 aromatic rings.